The third-order valence-electron chi connectivity index (χ3n) is 2.36. The fourth-order valence-corrected chi connectivity index (χ4v) is 2.17. The zero-order chi connectivity index (χ0) is 14.3. The van der Waals surface area contributed by atoms with Gasteiger partial charge in [0.1, 0.15) is 6.04 Å². The Morgan fingerprint density at radius 2 is 2.00 bits per heavy atom. The molecule has 0 radical (unpaired) electrons. The molecule has 0 saturated heterocycles. The number of amides is 3. The average Bonchev–Trinajstić information content (AvgIpc) is 2.36. The Hall–Kier alpha value is -1.21. The maximum Gasteiger partial charge on any atom is 0.312 e. The van der Waals surface area contributed by atoms with E-state index >= 15 is 0 Å². The zero-order valence-electron chi connectivity index (χ0n) is 10.5. The molecule has 7 heteroatoms. The molecule has 1 unspecified atom stereocenters. The highest BCUT2D eigenvalue weighted by Gasteiger charge is 2.19. The van der Waals surface area contributed by atoms with Crippen LogP contribution in [-0.2, 0) is 4.79 Å². The summed E-state index contributed by atoms with van der Waals surface area (Å²) in [6, 6.07) is 5.89. The largest absolute Gasteiger partial charge is 0.352 e. The van der Waals surface area contributed by atoms with Gasteiger partial charge in [0.05, 0.1) is 0 Å². The maximum atomic E-state index is 12.0. The molecule has 0 saturated carbocycles. The predicted octanol–water partition coefficient (Wildman–Crippen LogP) is 2.18. The van der Waals surface area contributed by atoms with Crippen LogP contribution in [0.3, 0.4) is 0 Å². The summed E-state index contributed by atoms with van der Waals surface area (Å²) in [7, 11) is 0. The van der Waals surface area contributed by atoms with Gasteiger partial charge in [0.25, 0.3) is 0 Å². The third-order valence-corrected chi connectivity index (χ3v) is 3.53. The lowest BCUT2D eigenvalue weighted by Crippen LogP contribution is -2.46. The number of anilines is 1. The first-order chi connectivity index (χ1) is 9.02. The van der Waals surface area contributed by atoms with E-state index < -0.39 is 12.1 Å². The molecule has 5 nitrogen and oxygen atoms in total. The van der Waals surface area contributed by atoms with Gasteiger partial charge in [-0.3, -0.25) is 4.79 Å². The summed E-state index contributed by atoms with van der Waals surface area (Å²) in [5, 5.41) is 5.19. The Morgan fingerprint density at radius 3 is 2.53 bits per heavy atom. The van der Waals surface area contributed by atoms with Crippen molar-refractivity contribution in [2.75, 3.05) is 17.3 Å². The van der Waals surface area contributed by atoms with E-state index in [1.165, 1.54) is 0 Å². The number of primary amides is 1. The molecule has 0 fully saturated rings. The molecule has 0 bridgehead atoms. The minimum atomic E-state index is -0.697. The second kappa shape index (κ2) is 8.06. The van der Waals surface area contributed by atoms with Crippen molar-refractivity contribution in [1.29, 1.82) is 0 Å². The molecule has 104 valence electrons. The molecule has 0 spiro atoms. The van der Waals surface area contributed by atoms with E-state index in [1.54, 1.807) is 23.9 Å². The van der Waals surface area contributed by atoms with E-state index in [1.807, 2.05) is 18.4 Å². The molecule has 1 rings (SSSR count). The summed E-state index contributed by atoms with van der Waals surface area (Å²) < 4.78 is 0.930. The monoisotopic (exact) mass is 345 g/mol. The molecule has 1 aromatic rings. The highest BCUT2D eigenvalue weighted by Crippen LogP contribution is 2.14. The molecule has 1 aromatic carbocycles. The van der Waals surface area contributed by atoms with Crippen LogP contribution in [0.5, 0.6) is 0 Å². The molecule has 0 aromatic heterocycles. The standard InChI is InChI=1S/C12H16BrN3O2S/c1-19-7-6-10(16-12(14)18)11(17)15-9-4-2-8(13)3-5-9/h2-5,10H,6-7H2,1H3,(H,15,17)(H3,14,16,18). The Balaban J connectivity index is 2.64. The number of hydrogen-bond donors (Lipinski definition) is 3. The first kappa shape index (κ1) is 15.8. The molecule has 0 aliphatic heterocycles. The van der Waals surface area contributed by atoms with Gasteiger partial charge in [0.2, 0.25) is 5.91 Å². The molecule has 19 heavy (non-hydrogen) atoms. The van der Waals surface area contributed by atoms with Gasteiger partial charge in [0.15, 0.2) is 0 Å². The Morgan fingerprint density at radius 1 is 1.37 bits per heavy atom. The van der Waals surface area contributed by atoms with Crippen LogP contribution in [0.4, 0.5) is 10.5 Å². The van der Waals surface area contributed by atoms with Gasteiger partial charge in [-0.05, 0) is 42.7 Å². The summed E-state index contributed by atoms with van der Waals surface area (Å²) in [5.41, 5.74) is 5.75. The first-order valence-electron chi connectivity index (χ1n) is 5.64. The second-order valence-corrected chi connectivity index (χ2v) is 5.74. The van der Waals surface area contributed by atoms with Crippen LogP contribution in [-0.4, -0.2) is 30.0 Å². The molecule has 4 N–H and O–H groups in total. The fourth-order valence-electron chi connectivity index (χ4n) is 1.44. The number of rotatable bonds is 6. The van der Waals surface area contributed by atoms with E-state index in [2.05, 4.69) is 26.6 Å². The number of thioether (sulfide) groups is 1. The van der Waals surface area contributed by atoms with Crippen LogP contribution in [0.25, 0.3) is 0 Å². The van der Waals surface area contributed by atoms with Crippen LogP contribution in [0, 0.1) is 0 Å². The van der Waals surface area contributed by atoms with Crippen molar-refractivity contribution in [3.8, 4) is 0 Å². The van der Waals surface area contributed by atoms with Crippen LogP contribution in [0.15, 0.2) is 28.7 Å². The van der Waals surface area contributed by atoms with Gasteiger partial charge in [-0.25, -0.2) is 4.79 Å². The van der Waals surface area contributed by atoms with Gasteiger partial charge in [-0.15, -0.1) is 0 Å². The quantitative estimate of drug-likeness (QED) is 0.738. The van der Waals surface area contributed by atoms with Crippen molar-refractivity contribution >= 4 is 45.3 Å². The topological polar surface area (TPSA) is 84.2 Å². The van der Waals surface area contributed by atoms with Crippen LogP contribution >= 0.6 is 27.7 Å². The van der Waals surface area contributed by atoms with E-state index in [-0.39, 0.29) is 5.91 Å². The van der Waals surface area contributed by atoms with Gasteiger partial charge in [0, 0.05) is 10.2 Å². The highest BCUT2D eigenvalue weighted by molar-refractivity contribution is 9.10. The SMILES string of the molecule is CSCCC(NC(N)=O)C(=O)Nc1ccc(Br)cc1. The summed E-state index contributed by atoms with van der Waals surface area (Å²) in [5.74, 6) is 0.494. The average molecular weight is 346 g/mol. The highest BCUT2D eigenvalue weighted by atomic mass is 79.9. The molecule has 0 heterocycles. The van der Waals surface area contributed by atoms with Crippen molar-refractivity contribution in [2.45, 2.75) is 12.5 Å². The summed E-state index contributed by atoms with van der Waals surface area (Å²) in [4.78, 5) is 22.9. The van der Waals surface area contributed by atoms with Crippen molar-refractivity contribution in [3.05, 3.63) is 28.7 Å². The Bertz CT molecular complexity index is 439. The van der Waals surface area contributed by atoms with Crippen LogP contribution in [0.1, 0.15) is 6.42 Å². The minimum absolute atomic E-state index is 0.268. The summed E-state index contributed by atoms with van der Waals surface area (Å²) in [6.45, 7) is 0. The predicted molar refractivity (Wildman–Crippen MR) is 82.3 cm³/mol. The number of hydrogen-bond acceptors (Lipinski definition) is 3. The van der Waals surface area contributed by atoms with Crippen molar-refractivity contribution in [3.63, 3.8) is 0 Å². The van der Waals surface area contributed by atoms with Gasteiger partial charge in [-0.2, -0.15) is 11.8 Å². The number of carbonyl (C=O) groups is 2. The number of benzene rings is 1. The van der Waals surface area contributed by atoms with E-state index in [9.17, 15) is 9.59 Å². The molecular formula is C12H16BrN3O2S. The van der Waals surface area contributed by atoms with Crippen molar-refractivity contribution < 1.29 is 9.59 Å². The number of urea groups is 1. The molecule has 3 amide bonds. The lowest BCUT2D eigenvalue weighted by Gasteiger charge is -2.16. The van der Waals surface area contributed by atoms with Crippen molar-refractivity contribution in [1.82, 2.24) is 5.32 Å². The molecule has 1 atom stereocenters. The zero-order valence-corrected chi connectivity index (χ0v) is 12.9. The number of halogens is 1. The van der Waals surface area contributed by atoms with Crippen molar-refractivity contribution in [2.24, 2.45) is 5.73 Å². The molecular weight excluding hydrogens is 330 g/mol. The third kappa shape index (κ3) is 5.98. The van der Waals surface area contributed by atoms with Crippen LogP contribution < -0.4 is 16.4 Å². The normalized spacial score (nSPS) is 11.7. The molecule has 0 aliphatic rings. The molecule has 0 aliphatic carbocycles. The second-order valence-electron chi connectivity index (χ2n) is 3.84. The fraction of sp³-hybridized carbons (Fsp3) is 0.333. The smallest absolute Gasteiger partial charge is 0.312 e. The van der Waals surface area contributed by atoms with Gasteiger partial charge < -0.3 is 16.4 Å². The number of nitrogens with one attached hydrogen (secondary N) is 2. The maximum absolute atomic E-state index is 12.0. The van der Waals surface area contributed by atoms with Gasteiger partial charge >= 0.3 is 6.03 Å². The van der Waals surface area contributed by atoms with E-state index in [0.717, 1.165) is 10.2 Å². The van der Waals surface area contributed by atoms with Crippen LogP contribution in [0.2, 0.25) is 0 Å². The number of nitrogens with two attached hydrogens (primary N) is 1. The Labute approximate surface area is 124 Å². The minimum Gasteiger partial charge on any atom is -0.352 e. The van der Waals surface area contributed by atoms with E-state index in [0.29, 0.717) is 12.1 Å². The van der Waals surface area contributed by atoms with E-state index in [4.69, 9.17) is 5.73 Å². The lowest BCUT2D eigenvalue weighted by molar-refractivity contribution is -0.117. The summed E-state index contributed by atoms with van der Waals surface area (Å²) >= 11 is 4.92. The lowest BCUT2D eigenvalue weighted by atomic mass is 10.2. The first-order valence-corrected chi connectivity index (χ1v) is 7.83. The Kier molecular flexibility index (Phi) is 6.72. The number of carbonyl (C=O) groups excluding carboxylic acids is 2. The van der Waals surface area contributed by atoms with Gasteiger partial charge in [-0.1, -0.05) is 15.9 Å². The summed E-state index contributed by atoms with van der Waals surface area (Å²) in [6.07, 6.45) is 2.47.